The molecule has 0 heterocycles. The van der Waals surface area contributed by atoms with Crippen LogP contribution in [-0.2, 0) is 12.8 Å². The predicted molar refractivity (Wildman–Crippen MR) is 88.8 cm³/mol. The fourth-order valence-electron chi connectivity index (χ4n) is 2.99. The Morgan fingerprint density at radius 2 is 1.80 bits per heavy atom. The largest absolute Gasteiger partial charge is 0.388 e. The molecule has 1 aliphatic carbocycles. The zero-order chi connectivity index (χ0) is 14.1. The van der Waals surface area contributed by atoms with Crippen LogP contribution in [0.4, 0.5) is 0 Å². The second-order valence-electron chi connectivity index (χ2n) is 5.38. The van der Waals surface area contributed by atoms with Gasteiger partial charge >= 0.3 is 0 Å². The smallest absolute Gasteiger partial charge is 0.0832 e. The number of aliphatic hydroxyl groups is 1. The lowest BCUT2D eigenvalue weighted by atomic mass is 9.79. The number of fused-ring (bicyclic) bond motifs is 1. The molecule has 0 saturated carbocycles. The zero-order valence-corrected chi connectivity index (χ0v) is 14.2. The molecule has 2 aromatic rings. The minimum absolute atomic E-state index is 0.288. The van der Waals surface area contributed by atoms with Gasteiger partial charge in [0.1, 0.15) is 0 Å². The van der Waals surface area contributed by atoms with Gasteiger partial charge in [-0.05, 0) is 60.1 Å². The van der Waals surface area contributed by atoms with Crippen LogP contribution in [0.3, 0.4) is 0 Å². The minimum Gasteiger partial charge on any atom is -0.388 e. The first kappa shape index (κ1) is 14.3. The second kappa shape index (κ2) is 6.00. The van der Waals surface area contributed by atoms with Gasteiger partial charge in [0.05, 0.1) is 6.10 Å². The number of benzene rings is 2. The van der Waals surface area contributed by atoms with E-state index in [1.165, 1.54) is 11.1 Å². The van der Waals surface area contributed by atoms with E-state index in [1.807, 2.05) is 18.2 Å². The van der Waals surface area contributed by atoms with Crippen molar-refractivity contribution in [2.75, 3.05) is 0 Å². The molecule has 1 aliphatic rings. The molecular weight excluding hydrogens is 380 g/mol. The van der Waals surface area contributed by atoms with Crippen LogP contribution in [-0.4, -0.2) is 5.11 Å². The predicted octanol–water partition coefficient (Wildman–Crippen LogP) is 5.05. The fourth-order valence-corrected chi connectivity index (χ4v) is 3.85. The number of rotatable bonds is 2. The third-order valence-electron chi connectivity index (χ3n) is 4.11. The molecule has 3 rings (SSSR count). The molecule has 2 atom stereocenters. The monoisotopic (exact) mass is 394 g/mol. The molecule has 2 unspecified atom stereocenters. The molecule has 0 aromatic heterocycles. The number of aliphatic hydroxyl groups excluding tert-OH is 1. The van der Waals surface area contributed by atoms with Crippen molar-refractivity contribution < 1.29 is 5.11 Å². The Morgan fingerprint density at radius 3 is 2.60 bits per heavy atom. The van der Waals surface area contributed by atoms with Gasteiger partial charge in [-0.2, -0.15) is 0 Å². The Morgan fingerprint density at radius 1 is 1.05 bits per heavy atom. The third kappa shape index (κ3) is 2.85. The van der Waals surface area contributed by atoms with Crippen molar-refractivity contribution in [3.05, 3.63) is 68.1 Å². The summed E-state index contributed by atoms with van der Waals surface area (Å²) in [6.45, 7) is 0. The van der Waals surface area contributed by atoms with Gasteiger partial charge in [0.15, 0.2) is 0 Å². The fraction of sp³-hybridized carbons (Fsp3) is 0.294. The van der Waals surface area contributed by atoms with Crippen LogP contribution in [0.2, 0.25) is 0 Å². The maximum absolute atomic E-state index is 10.7. The average molecular weight is 396 g/mol. The van der Waals surface area contributed by atoms with E-state index >= 15 is 0 Å². The van der Waals surface area contributed by atoms with Crippen LogP contribution in [0.5, 0.6) is 0 Å². The molecule has 0 aliphatic heterocycles. The molecule has 0 amide bonds. The summed E-state index contributed by atoms with van der Waals surface area (Å²) >= 11 is 7.03. The quantitative estimate of drug-likeness (QED) is 0.754. The maximum atomic E-state index is 10.7. The molecule has 0 spiro atoms. The summed E-state index contributed by atoms with van der Waals surface area (Å²) in [5.74, 6) is 0.288. The Kier molecular flexibility index (Phi) is 4.29. The van der Waals surface area contributed by atoms with Gasteiger partial charge in [-0.15, -0.1) is 0 Å². The van der Waals surface area contributed by atoms with Gasteiger partial charge < -0.3 is 5.11 Å². The Balaban J connectivity index is 1.85. The van der Waals surface area contributed by atoms with E-state index in [1.54, 1.807) is 0 Å². The van der Waals surface area contributed by atoms with Gasteiger partial charge in [0.2, 0.25) is 0 Å². The first-order valence-corrected chi connectivity index (χ1v) is 8.43. The van der Waals surface area contributed by atoms with Gasteiger partial charge in [-0.1, -0.05) is 56.1 Å². The van der Waals surface area contributed by atoms with Crippen molar-refractivity contribution in [1.29, 1.82) is 0 Å². The van der Waals surface area contributed by atoms with Gasteiger partial charge in [0, 0.05) is 8.95 Å². The van der Waals surface area contributed by atoms with Crippen molar-refractivity contribution in [3.63, 3.8) is 0 Å². The summed E-state index contributed by atoms with van der Waals surface area (Å²) in [6.07, 6.45) is 2.63. The highest BCUT2D eigenvalue weighted by Gasteiger charge is 2.27. The Hall–Kier alpha value is -0.640. The molecule has 3 heteroatoms. The molecule has 104 valence electrons. The summed E-state index contributed by atoms with van der Waals surface area (Å²) < 4.78 is 1.98. The van der Waals surface area contributed by atoms with E-state index in [0.717, 1.165) is 33.8 Å². The van der Waals surface area contributed by atoms with Crippen LogP contribution in [0.15, 0.2) is 51.4 Å². The van der Waals surface area contributed by atoms with Crippen LogP contribution < -0.4 is 0 Å². The van der Waals surface area contributed by atoms with Crippen molar-refractivity contribution in [2.24, 2.45) is 5.92 Å². The lowest BCUT2D eigenvalue weighted by Gasteiger charge is -2.29. The van der Waals surface area contributed by atoms with Crippen molar-refractivity contribution in [3.8, 4) is 0 Å². The van der Waals surface area contributed by atoms with Crippen molar-refractivity contribution in [2.45, 2.75) is 25.4 Å². The second-order valence-corrected chi connectivity index (χ2v) is 7.15. The molecule has 2 aromatic carbocycles. The zero-order valence-electron chi connectivity index (χ0n) is 11.0. The number of halogens is 2. The Bertz CT molecular complexity index is 624. The molecule has 1 nitrogen and oxygen atoms in total. The van der Waals surface area contributed by atoms with Gasteiger partial charge in [-0.3, -0.25) is 0 Å². The molecule has 0 radical (unpaired) electrons. The lowest BCUT2D eigenvalue weighted by molar-refractivity contribution is 0.0988. The van der Waals surface area contributed by atoms with E-state index in [-0.39, 0.29) is 5.92 Å². The molecule has 20 heavy (non-hydrogen) atoms. The van der Waals surface area contributed by atoms with E-state index < -0.39 is 6.10 Å². The first-order chi connectivity index (χ1) is 9.65. The summed E-state index contributed by atoms with van der Waals surface area (Å²) in [7, 11) is 0. The van der Waals surface area contributed by atoms with Crippen LogP contribution in [0, 0.1) is 5.92 Å². The summed E-state index contributed by atoms with van der Waals surface area (Å²) in [4.78, 5) is 0. The van der Waals surface area contributed by atoms with Crippen LogP contribution in [0.1, 0.15) is 29.2 Å². The number of aryl methyl sites for hydroxylation is 1. The normalized spacial score (nSPS) is 19.4. The van der Waals surface area contributed by atoms with Gasteiger partial charge in [0.25, 0.3) is 0 Å². The Labute approximate surface area is 136 Å². The standard InChI is InChI=1S/C17H16Br2O/c18-14-7-8-16(19)15(10-14)17(20)13-6-5-11-3-1-2-4-12(11)9-13/h1-4,7-8,10,13,17,20H,5-6,9H2. The lowest BCUT2D eigenvalue weighted by Crippen LogP contribution is -2.21. The topological polar surface area (TPSA) is 20.2 Å². The van der Waals surface area contributed by atoms with Crippen molar-refractivity contribution >= 4 is 31.9 Å². The van der Waals surface area contributed by atoms with Gasteiger partial charge in [-0.25, -0.2) is 0 Å². The molecule has 0 saturated heterocycles. The van der Waals surface area contributed by atoms with Crippen LogP contribution >= 0.6 is 31.9 Å². The molecule has 0 fully saturated rings. The highest BCUT2D eigenvalue weighted by molar-refractivity contribution is 9.11. The number of hydrogen-bond donors (Lipinski definition) is 1. The van der Waals surface area contributed by atoms with Crippen molar-refractivity contribution in [1.82, 2.24) is 0 Å². The minimum atomic E-state index is -0.421. The van der Waals surface area contributed by atoms with E-state index in [9.17, 15) is 5.11 Å². The summed E-state index contributed by atoms with van der Waals surface area (Å²) in [5, 5.41) is 10.7. The molecule has 0 bridgehead atoms. The van der Waals surface area contributed by atoms with E-state index in [0.29, 0.717) is 0 Å². The highest BCUT2D eigenvalue weighted by Crippen LogP contribution is 2.37. The summed E-state index contributed by atoms with van der Waals surface area (Å²) in [6, 6.07) is 14.5. The number of hydrogen-bond acceptors (Lipinski definition) is 1. The first-order valence-electron chi connectivity index (χ1n) is 6.85. The van der Waals surface area contributed by atoms with E-state index in [2.05, 4.69) is 56.1 Å². The average Bonchev–Trinajstić information content (AvgIpc) is 2.48. The molecular formula is C17H16Br2O. The van der Waals surface area contributed by atoms with E-state index in [4.69, 9.17) is 0 Å². The molecule has 1 N–H and O–H groups in total. The third-order valence-corrected chi connectivity index (χ3v) is 5.32. The maximum Gasteiger partial charge on any atom is 0.0832 e. The highest BCUT2D eigenvalue weighted by atomic mass is 79.9. The van der Waals surface area contributed by atoms with Crippen LogP contribution in [0.25, 0.3) is 0 Å². The summed E-state index contributed by atoms with van der Waals surface area (Å²) in [5.41, 5.74) is 3.79. The SMILES string of the molecule is OC(c1cc(Br)ccc1Br)C1CCc2ccccc2C1.